The van der Waals surface area contributed by atoms with Gasteiger partial charge in [-0.3, -0.25) is 14.5 Å². The number of likely N-dealkylation sites (N-methyl/N-ethyl adjacent to an activating group) is 1. The van der Waals surface area contributed by atoms with Gasteiger partial charge in [-0.25, -0.2) is 0 Å². The fraction of sp³-hybridized carbons (Fsp3) is 0.333. The topological polar surface area (TPSA) is 53.8 Å². The number of Topliss-reactive ketones (excluding diaryl/α,β-unsaturated/α-hetero) is 1. The van der Waals surface area contributed by atoms with Gasteiger partial charge in [0.2, 0.25) is 0 Å². The number of hydrogen-bond donors (Lipinski definition) is 0. The average Bonchev–Trinajstić information content (AvgIpc) is 3.56. The fourth-order valence-corrected chi connectivity index (χ4v) is 6.87. The Morgan fingerprint density at radius 3 is 2.80 bits per heavy atom. The Morgan fingerprint density at radius 1 is 1.17 bits per heavy atom. The Balaban J connectivity index is 1.65. The van der Waals surface area contributed by atoms with Gasteiger partial charge in [0.05, 0.1) is 17.1 Å². The van der Waals surface area contributed by atoms with Crippen LogP contribution < -0.4 is 4.90 Å². The van der Waals surface area contributed by atoms with Crippen molar-refractivity contribution >= 4 is 28.7 Å². The van der Waals surface area contributed by atoms with E-state index in [0.29, 0.717) is 4.88 Å². The molecule has 2 saturated heterocycles. The zero-order chi connectivity index (χ0) is 20.5. The first-order chi connectivity index (χ1) is 14.7. The molecule has 0 bridgehead atoms. The Morgan fingerprint density at radius 2 is 2.03 bits per heavy atom. The van der Waals surface area contributed by atoms with Crippen molar-refractivity contribution in [2.75, 3.05) is 18.5 Å². The van der Waals surface area contributed by atoms with Gasteiger partial charge in [0.25, 0.3) is 5.91 Å². The molecule has 3 aliphatic heterocycles. The Labute approximate surface area is 178 Å². The van der Waals surface area contributed by atoms with E-state index < -0.39 is 11.5 Å². The predicted molar refractivity (Wildman–Crippen MR) is 115 cm³/mol. The number of nitrogens with zero attached hydrogens (tertiary/aromatic N) is 2. The van der Waals surface area contributed by atoms with Crippen molar-refractivity contribution in [3.63, 3.8) is 0 Å². The predicted octanol–water partition coefficient (Wildman–Crippen LogP) is 4.27. The molecule has 2 fully saturated rings. The summed E-state index contributed by atoms with van der Waals surface area (Å²) in [6.07, 6.45) is 3.64. The number of carbonyl (C=O) groups excluding carboxylic acids is 2. The number of carbonyl (C=O) groups is 2. The van der Waals surface area contributed by atoms with Crippen LogP contribution in [0.15, 0.2) is 64.6 Å². The normalized spacial score (nSPS) is 30.2. The van der Waals surface area contributed by atoms with E-state index >= 15 is 0 Å². The highest BCUT2D eigenvalue weighted by atomic mass is 32.1. The van der Waals surface area contributed by atoms with Crippen LogP contribution >= 0.6 is 11.3 Å². The molecule has 4 unspecified atom stereocenters. The molecule has 0 N–H and O–H groups in total. The van der Waals surface area contributed by atoms with Crippen molar-refractivity contribution in [3.8, 4) is 0 Å². The van der Waals surface area contributed by atoms with Crippen molar-refractivity contribution < 1.29 is 14.0 Å². The molecule has 3 aliphatic rings. The number of anilines is 1. The zero-order valence-corrected chi connectivity index (χ0v) is 17.5. The quantitative estimate of drug-likeness (QED) is 0.596. The van der Waals surface area contributed by atoms with Gasteiger partial charge in [0, 0.05) is 30.3 Å². The maximum atomic E-state index is 14.0. The van der Waals surface area contributed by atoms with E-state index in [0.717, 1.165) is 36.4 Å². The summed E-state index contributed by atoms with van der Waals surface area (Å²) in [6.45, 7) is 0.810. The number of benzene rings is 1. The molecule has 0 radical (unpaired) electrons. The van der Waals surface area contributed by atoms with Crippen LogP contribution in [0.1, 0.15) is 39.8 Å². The highest BCUT2D eigenvalue weighted by Crippen LogP contribution is 2.62. The molecular weight excluding hydrogens is 396 g/mol. The van der Waals surface area contributed by atoms with E-state index in [-0.39, 0.29) is 23.7 Å². The molecule has 3 aromatic rings. The summed E-state index contributed by atoms with van der Waals surface area (Å²) in [5.41, 5.74) is 0.871. The van der Waals surface area contributed by atoms with Crippen LogP contribution in [0.2, 0.25) is 0 Å². The van der Waals surface area contributed by atoms with Crippen LogP contribution in [0.5, 0.6) is 0 Å². The van der Waals surface area contributed by atoms with Crippen molar-refractivity contribution in [2.45, 2.75) is 30.3 Å². The lowest BCUT2D eigenvalue weighted by atomic mass is 9.71. The van der Waals surface area contributed by atoms with Crippen molar-refractivity contribution in [1.82, 2.24) is 4.90 Å². The van der Waals surface area contributed by atoms with Crippen molar-refractivity contribution in [3.05, 3.63) is 76.4 Å². The molecule has 4 atom stereocenters. The van der Waals surface area contributed by atoms with E-state index in [4.69, 9.17) is 4.42 Å². The number of ketones is 1. The number of amides is 1. The first kappa shape index (κ1) is 18.1. The van der Waals surface area contributed by atoms with Crippen molar-refractivity contribution in [2.24, 2.45) is 5.92 Å². The van der Waals surface area contributed by atoms with E-state index in [1.54, 1.807) is 11.2 Å². The lowest BCUT2D eigenvalue weighted by molar-refractivity contribution is -0.129. The summed E-state index contributed by atoms with van der Waals surface area (Å²) < 4.78 is 5.88. The van der Waals surface area contributed by atoms with E-state index in [2.05, 4.69) is 4.90 Å². The molecule has 152 valence electrons. The first-order valence-electron chi connectivity index (χ1n) is 10.4. The number of furan rings is 1. The Hall–Kier alpha value is -2.70. The third-order valence-corrected chi connectivity index (χ3v) is 8.09. The van der Waals surface area contributed by atoms with Gasteiger partial charge in [-0.15, -0.1) is 11.3 Å². The third-order valence-electron chi connectivity index (χ3n) is 7.20. The molecule has 0 aliphatic carbocycles. The largest absolute Gasteiger partial charge is 0.469 e. The minimum Gasteiger partial charge on any atom is -0.469 e. The molecule has 0 saturated carbocycles. The zero-order valence-electron chi connectivity index (χ0n) is 16.7. The number of thiophene rings is 1. The van der Waals surface area contributed by atoms with Crippen LogP contribution in [-0.2, 0) is 10.3 Å². The first-order valence-corrected chi connectivity index (χ1v) is 11.3. The number of hydrogen-bond acceptors (Lipinski definition) is 5. The van der Waals surface area contributed by atoms with Gasteiger partial charge in [-0.05, 0) is 49.0 Å². The number of rotatable bonds is 3. The second-order valence-corrected chi connectivity index (χ2v) is 9.36. The second kappa shape index (κ2) is 6.40. The smallest absolute Gasteiger partial charge is 0.252 e. The van der Waals surface area contributed by atoms with Gasteiger partial charge in [-0.2, -0.15) is 0 Å². The summed E-state index contributed by atoms with van der Waals surface area (Å²) in [4.78, 5) is 32.8. The third kappa shape index (κ3) is 2.10. The summed E-state index contributed by atoms with van der Waals surface area (Å²) in [5.74, 6) is 0.170. The molecule has 5 nitrogen and oxygen atoms in total. The van der Waals surface area contributed by atoms with Crippen LogP contribution in [-0.4, -0.2) is 36.2 Å². The highest BCUT2D eigenvalue weighted by molar-refractivity contribution is 7.12. The lowest BCUT2D eigenvalue weighted by Gasteiger charge is -2.37. The summed E-state index contributed by atoms with van der Waals surface area (Å²) in [7, 11) is 1.83. The standard InChI is InChI=1S/C24H22N2O3S/c1-25-16-8-3-2-7-15(16)24(23(25)28)21(22(27)19-11-6-14-30-19)20(18-10-5-13-29-18)17-9-4-12-26(17)24/h2-3,5-8,10-11,13-14,17,20-21H,4,9,12H2,1H3. The number of fused-ring (bicyclic) bond motifs is 4. The van der Waals surface area contributed by atoms with Gasteiger partial charge in [0.15, 0.2) is 5.78 Å². The second-order valence-electron chi connectivity index (χ2n) is 8.41. The van der Waals surface area contributed by atoms with Gasteiger partial charge < -0.3 is 9.32 Å². The monoisotopic (exact) mass is 418 g/mol. The minimum atomic E-state index is -0.981. The van der Waals surface area contributed by atoms with Gasteiger partial charge in [0.1, 0.15) is 11.3 Å². The maximum absolute atomic E-state index is 14.0. The summed E-state index contributed by atoms with van der Waals surface area (Å²) >= 11 is 1.45. The molecule has 1 spiro atoms. The van der Waals surface area contributed by atoms with E-state index in [1.807, 2.05) is 61.0 Å². The fourth-order valence-electron chi connectivity index (χ4n) is 6.17. The molecule has 30 heavy (non-hydrogen) atoms. The SMILES string of the molecule is CN1C(=O)C2(c3ccccc31)C(C(=O)c1cccs1)C(c1ccco1)C1CCCN12. The molecule has 6 heteroatoms. The number of para-hydroxylation sites is 1. The van der Waals surface area contributed by atoms with Crippen LogP contribution in [0.25, 0.3) is 0 Å². The molecular formula is C24H22N2O3S. The summed E-state index contributed by atoms with van der Waals surface area (Å²) in [6, 6.07) is 15.7. The minimum absolute atomic E-state index is 0.000405. The van der Waals surface area contributed by atoms with Crippen LogP contribution in [0.4, 0.5) is 5.69 Å². The average molecular weight is 419 g/mol. The molecule has 1 aromatic carbocycles. The molecule has 6 rings (SSSR count). The molecule has 2 aromatic heterocycles. The lowest BCUT2D eigenvalue weighted by Crippen LogP contribution is -2.54. The highest BCUT2D eigenvalue weighted by Gasteiger charge is 2.70. The van der Waals surface area contributed by atoms with Crippen LogP contribution in [0.3, 0.4) is 0 Å². The molecule has 5 heterocycles. The Kier molecular flexibility index (Phi) is 3.86. The van der Waals surface area contributed by atoms with Crippen LogP contribution in [0, 0.1) is 5.92 Å². The van der Waals surface area contributed by atoms with Crippen molar-refractivity contribution in [1.29, 1.82) is 0 Å². The van der Waals surface area contributed by atoms with Gasteiger partial charge >= 0.3 is 0 Å². The Bertz CT molecular complexity index is 1120. The molecule has 1 amide bonds. The maximum Gasteiger partial charge on any atom is 0.252 e. The van der Waals surface area contributed by atoms with E-state index in [9.17, 15) is 9.59 Å². The summed E-state index contributed by atoms with van der Waals surface area (Å²) in [5, 5.41) is 1.93. The van der Waals surface area contributed by atoms with E-state index in [1.165, 1.54) is 11.3 Å². The van der Waals surface area contributed by atoms with Gasteiger partial charge in [-0.1, -0.05) is 24.3 Å².